The highest BCUT2D eigenvalue weighted by Gasteiger charge is 2.29. The molecular weight excluding hydrogens is 260 g/mol. The molecular formula is C17H28N4. The van der Waals surface area contributed by atoms with E-state index in [2.05, 4.69) is 42.0 Å². The van der Waals surface area contributed by atoms with Crippen LogP contribution in [0.15, 0.2) is 6.07 Å². The summed E-state index contributed by atoms with van der Waals surface area (Å²) in [5, 5.41) is 3.68. The highest BCUT2D eigenvalue weighted by atomic mass is 15.2. The minimum Gasteiger partial charge on any atom is -0.356 e. The molecule has 1 aromatic rings. The van der Waals surface area contributed by atoms with Crippen LogP contribution in [0.5, 0.6) is 0 Å². The highest BCUT2D eigenvalue weighted by Crippen LogP contribution is 2.28. The van der Waals surface area contributed by atoms with Crippen molar-refractivity contribution in [2.75, 3.05) is 24.5 Å². The van der Waals surface area contributed by atoms with Crippen LogP contribution < -0.4 is 10.2 Å². The van der Waals surface area contributed by atoms with E-state index < -0.39 is 0 Å². The van der Waals surface area contributed by atoms with Gasteiger partial charge in [0.1, 0.15) is 11.6 Å². The van der Waals surface area contributed by atoms with Gasteiger partial charge in [-0.1, -0.05) is 13.8 Å². The molecule has 0 radical (unpaired) electrons. The van der Waals surface area contributed by atoms with Crippen molar-refractivity contribution >= 4 is 5.82 Å². The highest BCUT2D eigenvalue weighted by molar-refractivity contribution is 5.40. The summed E-state index contributed by atoms with van der Waals surface area (Å²) >= 11 is 0. The van der Waals surface area contributed by atoms with Crippen molar-refractivity contribution in [2.45, 2.75) is 58.4 Å². The predicted octanol–water partition coefficient (Wildman–Crippen LogP) is 2.88. The van der Waals surface area contributed by atoms with Crippen LogP contribution in [0, 0.1) is 12.8 Å². The van der Waals surface area contributed by atoms with Gasteiger partial charge in [-0.2, -0.15) is 0 Å². The van der Waals surface area contributed by atoms with Crippen molar-refractivity contribution in [3.05, 3.63) is 17.6 Å². The average molecular weight is 288 g/mol. The Bertz CT molecular complexity index is 480. The van der Waals surface area contributed by atoms with Crippen molar-refractivity contribution in [1.82, 2.24) is 15.3 Å². The SMILES string of the molecule is Cc1cc(N2CCCC(C3CCCN3)C2)nc(C(C)C)n1. The monoisotopic (exact) mass is 288 g/mol. The predicted molar refractivity (Wildman–Crippen MR) is 86.8 cm³/mol. The fourth-order valence-corrected chi connectivity index (χ4v) is 3.65. The molecule has 0 spiro atoms. The fourth-order valence-electron chi connectivity index (χ4n) is 3.65. The van der Waals surface area contributed by atoms with Crippen LogP contribution in [0.3, 0.4) is 0 Å². The van der Waals surface area contributed by atoms with Gasteiger partial charge in [0.2, 0.25) is 0 Å². The van der Waals surface area contributed by atoms with Crippen LogP contribution in [0.4, 0.5) is 5.82 Å². The number of nitrogens with zero attached hydrogens (tertiary/aromatic N) is 3. The molecule has 2 atom stereocenters. The molecule has 0 bridgehead atoms. The van der Waals surface area contributed by atoms with Gasteiger partial charge < -0.3 is 10.2 Å². The van der Waals surface area contributed by atoms with E-state index in [-0.39, 0.29) is 0 Å². The molecule has 1 N–H and O–H groups in total. The second-order valence-corrected chi connectivity index (χ2v) is 6.93. The standard InChI is InChI=1S/C17H28N4/c1-12(2)17-19-13(3)10-16(20-17)21-9-5-6-14(11-21)15-7-4-8-18-15/h10,12,14-15,18H,4-9,11H2,1-3H3. The molecule has 0 saturated carbocycles. The number of aromatic nitrogens is 2. The number of rotatable bonds is 3. The first-order valence-corrected chi connectivity index (χ1v) is 8.47. The van der Waals surface area contributed by atoms with E-state index in [0.717, 1.165) is 42.4 Å². The van der Waals surface area contributed by atoms with E-state index in [1.54, 1.807) is 0 Å². The third-order valence-electron chi connectivity index (χ3n) is 4.82. The quantitative estimate of drug-likeness (QED) is 0.928. The average Bonchev–Trinajstić information content (AvgIpc) is 3.01. The molecule has 0 aromatic carbocycles. The zero-order valence-corrected chi connectivity index (χ0v) is 13.6. The topological polar surface area (TPSA) is 41.0 Å². The van der Waals surface area contributed by atoms with Gasteiger partial charge >= 0.3 is 0 Å². The minimum absolute atomic E-state index is 0.390. The number of piperidine rings is 1. The first kappa shape index (κ1) is 14.8. The zero-order valence-electron chi connectivity index (χ0n) is 13.6. The first-order chi connectivity index (χ1) is 10.1. The summed E-state index contributed by atoms with van der Waals surface area (Å²) in [7, 11) is 0. The third kappa shape index (κ3) is 3.37. The normalized spacial score (nSPS) is 26.6. The third-order valence-corrected chi connectivity index (χ3v) is 4.82. The van der Waals surface area contributed by atoms with Crippen molar-refractivity contribution < 1.29 is 0 Å². The molecule has 1 aromatic heterocycles. The first-order valence-electron chi connectivity index (χ1n) is 8.47. The van der Waals surface area contributed by atoms with E-state index >= 15 is 0 Å². The number of hydrogen-bond acceptors (Lipinski definition) is 4. The number of hydrogen-bond donors (Lipinski definition) is 1. The molecule has 4 heteroatoms. The van der Waals surface area contributed by atoms with Crippen molar-refractivity contribution in [3.63, 3.8) is 0 Å². The Morgan fingerprint density at radius 2 is 2.10 bits per heavy atom. The summed E-state index contributed by atoms with van der Waals surface area (Å²) in [6, 6.07) is 2.87. The van der Waals surface area contributed by atoms with Crippen LogP contribution in [0.1, 0.15) is 57.0 Å². The van der Waals surface area contributed by atoms with Gasteiger partial charge in [0.05, 0.1) is 0 Å². The molecule has 2 unspecified atom stereocenters. The summed E-state index contributed by atoms with van der Waals surface area (Å²) in [5.74, 6) is 3.28. The summed E-state index contributed by atoms with van der Waals surface area (Å²) in [6.45, 7) is 9.89. The second-order valence-electron chi connectivity index (χ2n) is 6.93. The number of aryl methyl sites for hydroxylation is 1. The van der Waals surface area contributed by atoms with E-state index in [4.69, 9.17) is 4.98 Å². The van der Waals surface area contributed by atoms with Crippen molar-refractivity contribution in [1.29, 1.82) is 0 Å². The van der Waals surface area contributed by atoms with E-state index in [9.17, 15) is 0 Å². The van der Waals surface area contributed by atoms with Gasteiger partial charge in [0.15, 0.2) is 0 Å². The number of nitrogens with one attached hydrogen (secondary N) is 1. The zero-order chi connectivity index (χ0) is 14.8. The molecule has 21 heavy (non-hydrogen) atoms. The fraction of sp³-hybridized carbons (Fsp3) is 0.765. The van der Waals surface area contributed by atoms with Gasteiger partial charge in [0, 0.05) is 36.8 Å². The molecule has 0 amide bonds. The molecule has 2 saturated heterocycles. The second kappa shape index (κ2) is 6.30. The van der Waals surface area contributed by atoms with Crippen LogP contribution in [0.2, 0.25) is 0 Å². The molecule has 3 heterocycles. The Labute approximate surface area is 128 Å². The van der Waals surface area contributed by atoms with Gasteiger partial charge in [-0.05, 0) is 45.1 Å². The number of anilines is 1. The van der Waals surface area contributed by atoms with Crippen LogP contribution in [-0.4, -0.2) is 35.6 Å². The summed E-state index contributed by atoms with van der Waals surface area (Å²) in [6.07, 6.45) is 5.32. The Balaban J connectivity index is 1.76. The molecule has 2 aliphatic rings. The van der Waals surface area contributed by atoms with Crippen LogP contribution >= 0.6 is 0 Å². The summed E-state index contributed by atoms with van der Waals surface area (Å²) in [5.41, 5.74) is 1.09. The van der Waals surface area contributed by atoms with Crippen molar-refractivity contribution in [3.8, 4) is 0 Å². The Morgan fingerprint density at radius 1 is 1.24 bits per heavy atom. The van der Waals surface area contributed by atoms with Crippen molar-refractivity contribution in [2.24, 2.45) is 5.92 Å². The molecule has 0 aliphatic carbocycles. The minimum atomic E-state index is 0.390. The Hall–Kier alpha value is -1.16. The lowest BCUT2D eigenvalue weighted by Gasteiger charge is -2.36. The lowest BCUT2D eigenvalue weighted by molar-refractivity contribution is 0.327. The lowest BCUT2D eigenvalue weighted by Crippen LogP contribution is -2.44. The van der Waals surface area contributed by atoms with Gasteiger partial charge in [-0.15, -0.1) is 0 Å². The maximum absolute atomic E-state index is 4.81. The lowest BCUT2D eigenvalue weighted by atomic mass is 9.90. The van der Waals surface area contributed by atoms with E-state index in [1.165, 1.54) is 32.2 Å². The molecule has 3 rings (SSSR count). The molecule has 116 valence electrons. The largest absolute Gasteiger partial charge is 0.356 e. The maximum atomic E-state index is 4.81. The Morgan fingerprint density at radius 3 is 2.81 bits per heavy atom. The smallest absolute Gasteiger partial charge is 0.133 e. The maximum Gasteiger partial charge on any atom is 0.133 e. The van der Waals surface area contributed by atoms with Gasteiger partial charge in [-0.25, -0.2) is 9.97 Å². The summed E-state index contributed by atoms with van der Waals surface area (Å²) in [4.78, 5) is 11.9. The van der Waals surface area contributed by atoms with Gasteiger partial charge in [-0.3, -0.25) is 0 Å². The molecule has 2 aliphatic heterocycles. The van der Waals surface area contributed by atoms with Crippen LogP contribution in [-0.2, 0) is 0 Å². The molecule has 4 nitrogen and oxygen atoms in total. The van der Waals surface area contributed by atoms with Crippen LogP contribution in [0.25, 0.3) is 0 Å². The Kier molecular flexibility index (Phi) is 4.43. The molecule has 2 fully saturated rings. The van der Waals surface area contributed by atoms with E-state index in [1.807, 2.05) is 0 Å². The summed E-state index contributed by atoms with van der Waals surface area (Å²) < 4.78 is 0. The van der Waals surface area contributed by atoms with Gasteiger partial charge in [0.25, 0.3) is 0 Å². The van der Waals surface area contributed by atoms with E-state index in [0.29, 0.717) is 5.92 Å².